The summed E-state index contributed by atoms with van der Waals surface area (Å²) < 4.78 is 0. The second kappa shape index (κ2) is 3.61. The molecule has 1 aliphatic heterocycles. The molecule has 5 heteroatoms. The Morgan fingerprint density at radius 2 is 2.25 bits per heavy atom. The number of nitrogens with zero attached hydrogens (tertiary/aromatic N) is 1. The first kappa shape index (κ1) is 9.35. The molecule has 1 aliphatic rings. The summed E-state index contributed by atoms with van der Waals surface area (Å²) in [5.74, 6) is 0.684. The van der Waals surface area contributed by atoms with E-state index < -0.39 is 0 Å². The number of anilines is 2. The monoisotopic (exact) mass is 231 g/mol. The molecular formula is C11H9N3OS. The van der Waals surface area contributed by atoms with Crippen LogP contribution in [0, 0.1) is 0 Å². The minimum atomic E-state index is -0.331. The van der Waals surface area contributed by atoms with Crippen molar-refractivity contribution >= 4 is 28.7 Å². The molecule has 1 amide bonds. The number of carbonyl (C=O) groups excluding carboxylic acids is 1. The molecule has 2 N–H and O–H groups in total. The molecule has 4 nitrogen and oxygen atoms in total. The van der Waals surface area contributed by atoms with Gasteiger partial charge in [-0.25, -0.2) is 4.98 Å². The number of hydrogen-bond acceptors (Lipinski definition) is 4. The van der Waals surface area contributed by atoms with Crippen LogP contribution in [0.3, 0.4) is 0 Å². The highest BCUT2D eigenvalue weighted by molar-refractivity contribution is 7.10. The number of amides is 1. The molecule has 0 fully saturated rings. The van der Waals surface area contributed by atoms with Crippen LogP contribution in [0.1, 0.15) is 10.9 Å². The van der Waals surface area contributed by atoms with E-state index in [1.54, 1.807) is 23.6 Å². The van der Waals surface area contributed by atoms with Gasteiger partial charge in [-0.15, -0.1) is 11.3 Å². The molecule has 0 saturated carbocycles. The predicted octanol–water partition coefficient (Wildman–Crippen LogP) is 2.25. The molecule has 2 aromatic rings. The van der Waals surface area contributed by atoms with Crippen LogP contribution in [0.15, 0.2) is 35.8 Å². The molecule has 0 aromatic carbocycles. The standard InChI is InChI=1S/C11H9N3OS/c15-11-9(8-4-2-6-16-8)14-10-7(13-11)3-1-5-12-10/h1-6,9H,(H,12,14)(H,13,15). The minimum absolute atomic E-state index is 0.0389. The lowest BCUT2D eigenvalue weighted by atomic mass is 10.1. The van der Waals surface area contributed by atoms with E-state index in [0.29, 0.717) is 0 Å². The zero-order chi connectivity index (χ0) is 11.0. The van der Waals surface area contributed by atoms with Crippen LogP contribution >= 0.6 is 11.3 Å². The molecule has 0 spiro atoms. The van der Waals surface area contributed by atoms with Gasteiger partial charge in [-0.2, -0.15) is 0 Å². The van der Waals surface area contributed by atoms with Gasteiger partial charge in [0.25, 0.3) is 5.91 Å². The number of nitrogens with one attached hydrogen (secondary N) is 2. The average Bonchev–Trinajstić information content (AvgIpc) is 2.81. The van der Waals surface area contributed by atoms with Crippen LogP contribution in [-0.4, -0.2) is 10.9 Å². The highest BCUT2D eigenvalue weighted by Crippen LogP contribution is 2.31. The zero-order valence-electron chi connectivity index (χ0n) is 8.31. The van der Waals surface area contributed by atoms with Crippen molar-refractivity contribution in [3.63, 3.8) is 0 Å². The number of rotatable bonds is 1. The molecule has 3 heterocycles. The average molecular weight is 231 g/mol. The molecule has 3 rings (SSSR count). The predicted molar refractivity (Wildman–Crippen MR) is 63.5 cm³/mol. The van der Waals surface area contributed by atoms with Crippen molar-refractivity contribution in [2.24, 2.45) is 0 Å². The summed E-state index contributed by atoms with van der Waals surface area (Å²) in [5, 5.41) is 7.93. The van der Waals surface area contributed by atoms with Crippen LogP contribution < -0.4 is 10.6 Å². The highest BCUT2D eigenvalue weighted by Gasteiger charge is 2.27. The minimum Gasteiger partial charge on any atom is -0.352 e. The fourth-order valence-corrected chi connectivity index (χ4v) is 2.46. The maximum atomic E-state index is 11.9. The van der Waals surface area contributed by atoms with Gasteiger partial charge in [0.15, 0.2) is 5.82 Å². The SMILES string of the molecule is O=C1Nc2cccnc2NC1c1cccs1. The van der Waals surface area contributed by atoms with Crippen molar-refractivity contribution < 1.29 is 4.79 Å². The van der Waals surface area contributed by atoms with Gasteiger partial charge in [0.1, 0.15) is 6.04 Å². The topological polar surface area (TPSA) is 54.0 Å². The third-order valence-corrected chi connectivity index (χ3v) is 3.37. The highest BCUT2D eigenvalue weighted by atomic mass is 32.1. The number of hydrogen-bond donors (Lipinski definition) is 2. The third kappa shape index (κ3) is 1.45. The first-order valence-corrected chi connectivity index (χ1v) is 5.78. The van der Waals surface area contributed by atoms with E-state index in [9.17, 15) is 4.79 Å². The molecule has 2 aromatic heterocycles. The molecule has 0 saturated heterocycles. The van der Waals surface area contributed by atoms with Crippen LogP contribution in [0.2, 0.25) is 0 Å². The van der Waals surface area contributed by atoms with Gasteiger partial charge in [0.05, 0.1) is 5.69 Å². The van der Waals surface area contributed by atoms with Gasteiger partial charge >= 0.3 is 0 Å². The van der Waals surface area contributed by atoms with Crippen molar-refractivity contribution in [3.05, 3.63) is 40.7 Å². The van der Waals surface area contributed by atoms with Crippen molar-refractivity contribution in [2.75, 3.05) is 10.6 Å². The lowest BCUT2D eigenvalue weighted by Gasteiger charge is -2.24. The summed E-state index contributed by atoms with van der Waals surface area (Å²) in [4.78, 5) is 17.0. The Bertz CT molecular complexity index is 524. The molecular weight excluding hydrogens is 222 g/mol. The third-order valence-electron chi connectivity index (χ3n) is 2.44. The molecule has 1 unspecified atom stereocenters. The van der Waals surface area contributed by atoms with Gasteiger partial charge in [-0.3, -0.25) is 4.79 Å². The fraction of sp³-hybridized carbons (Fsp3) is 0.0909. The maximum absolute atomic E-state index is 11.9. The molecule has 0 bridgehead atoms. The van der Waals surface area contributed by atoms with Crippen molar-refractivity contribution in [1.29, 1.82) is 0 Å². The van der Waals surface area contributed by atoms with Gasteiger partial charge < -0.3 is 10.6 Å². The molecule has 1 atom stereocenters. The Balaban J connectivity index is 1.98. The van der Waals surface area contributed by atoms with E-state index in [2.05, 4.69) is 15.6 Å². The van der Waals surface area contributed by atoms with Gasteiger partial charge in [0.2, 0.25) is 0 Å². The molecule has 80 valence electrons. The van der Waals surface area contributed by atoms with E-state index in [1.165, 1.54) is 0 Å². The second-order valence-electron chi connectivity index (χ2n) is 3.48. The summed E-state index contributed by atoms with van der Waals surface area (Å²) in [6.45, 7) is 0. The smallest absolute Gasteiger partial charge is 0.252 e. The molecule has 16 heavy (non-hydrogen) atoms. The Morgan fingerprint density at radius 1 is 1.31 bits per heavy atom. The van der Waals surface area contributed by atoms with Crippen LogP contribution in [-0.2, 0) is 4.79 Å². The van der Waals surface area contributed by atoms with Crippen molar-refractivity contribution in [2.45, 2.75) is 6.04 Å². The summed E-state index contributed by atoms with van der Waals surface area (Å²) in [5.41, 5.74) is 0.736. The van der Waals surface area contributed by atoms with Crippen LogP contribution in [0.5, 0.6) is 0 Å². The van der Waals surface area contributed by atoms with Crippen LogP contribution in [0.4, 0.5) is 11.5 Å². The number of thiophene rings is 1. The van der Waals surface area contributed by atoms with E-state index in [-0.39, 0.29) is 11.9 Å². The van der Waals surface area contributed by atoms with Gasteiger partial charge in [-0.05, 0) is 23.6 Å². The Labute approximate surface area is 96.3 Å². The summed E-state index contributed by atoms with van der Waals surface area (Å²) in [7, 11) is 0. The first-order valence-electron chi connectivity index (χ1n) is 4.90. The van der Waals surface area contributed by atoms with E-state index in [4.69, 9.17) is 0 Å². The molecule has 0 aliphatic carbocycles. The van der Waals surface area contributed by atoms with Crippen molar-refractivity contribution in [1.82, 2.24) is 4.98 Å². The van der Waals surface area contributed by atoms with Gasteiger partial charge in [-0.1, -0.05) is 6.07 Å². The summed E-state index contributed by atoms with van der Waals surface area (Å²) in [6.07, 6.45) is 1.70. The Kier molecular flexibility index (Phi) is 2.11. The Morgan fingerprint density at radius 3 is 3.06 bits per heavy atom. The summed E-state index contributed by atoms with van der Waals surface area (Å²) in [6, 6.07) is 7.17. The van der Waals surface area contributed by atoms with E-state index in [0.717, 1.165) is 16.4 Å². The number of aromatic nitrogens is 1. The first-order chi connectivity index (χ1) is 7.84. The lowest BCUT2D eigenvalue weighted by molar-refractivity contribution is -0.117. The normalized spacial score (nSPS) is 18.5. The largest absolute Gasteiger partial charge is 0.352 e. The lowest BCUT2D eigenvalue weighted by Crippen LogP contribution is -2.31. The van der Waals surface area contributed by atoms with Crippen molar-refractivity contribution in [3.8, 4) is 0 Å². The van der Waals surface area contributed by atoms with Gasteiger partial charge in [0, 0.05) is 11.1 Å². The summed E-state index contributed by atoms with van der Waals surface area (Å²) >= 11 is 1.56. The maximum Gasteiger partial charge on any atom is 0.252 e. The molecule has 0 radical (unpaired) electrons. The van der Waals surface area contributed by atoms with E-state index >= 15 is 0 Å². The zero-order valence-corrected chi connectivity index (χ0v) is 9.12. The second-order valence-corrected chi connectivity index (χ2v) is 4.46. The number of fused-ring (bicyclic) bond motifs is 1. The Hall–Kier alpha value is -1.88. The van der Waals surface area contributed by atoms with E-state index in [1.807, 2.05) is 23.6 Å². The quantitative estimate of drug-likeness (QED) is 0.791. The fourth-order valence-electron chi connectivity index (χ4n) is 1.68. The number of pyridine rings is 1. The number of carbonyl (C=O) groups is 1. The van der Waals surface area contributed by atoms with Crippen LogP contribution in [0.25, 0.3) is 0 Å².